The number of ether oxygens (including phenoxy) is 1. The summed E-state index contributed by atoms with van der Waals surface area (Å²) in [6, 6.07) is 14.6. The van der Waals surface area contributed by atoms with E-state index in [1.54, 1.807) is 23.0 Å². The molecule has 1 atom stereocenters. The van der Waals surface area contributed by atoms with Gasteiger partial charge in [0, 0.05) is 35.9 Å². The van der Waals surface area contributed by atoms with Crippen molar-refractivity contribution < 1.29 is 9.53 Å². The second-order valence-corrected chi connectivity index (χ2v) is 7.35. The van der Waals surface area contributed by atoms with E-state index < -0.39 is 0 Å². The zero-order valence-electron chi connectivity index (χ0n) is 16.5. The maximum atomic E-state index is 12.7. The molecule has 4 aromatic rings. The molecule has 1 amide bonds. The number of carbonyl (C=O) groups excluding carboxylic acids is 1. The first-order valence-electron chi connectivity index (χ1n) is 9.31. The second kappa shape index (κ2) is 8.04. The lowest BCUT2D eigenvalue weighted by Crippen LogP contribution is -2.13. The fourth-order valence-corrected chi connectivity index (χ4v) is 3.29. The van der Waals surface area contributed by atoms with Crippen molar-refractivity contribution >= 4 is 39.9 Å². The molecule has 0 aliphatic carbocycles. The molecule has 152 valence electrons. The third-order valence-electron chi connectivity index (χ3n) is 4.78. The Balaban J connectivity index is 1.51. The van der Waals surface area contributed by atoms with Crippen molar-refractivity contribution in [2.24, 2.45) is 7.05 Å². The summed E-state index contributed by atoms with van der Waals surface area (Å²) in [5, 5.41) is 8.56. The average molecular weight is 422 g/mol. The molecule has 8 heteroatoms. The Labute approximate surface area is 178 Å². The molecule has 0 fully saturated rings. The molecule has 30 heavy (non-hydrogen) atoms. The van der Waals surface area contributed by atoms with Gasteiger partial charge in [-0.15, -0.1) is 0 Å². The van der Waals surface area contributed by atoms with E-state index in [1.165, 1.54) is 6.20 Å². The van der Waals surface area contributed by atoms with E-state index in [0.29, 0.717) is 22.0 Å². The van der Waals surface area contributed by atoms with Gasteiger partial charge < -0.3 is 15.8 Å². The monoisotopic (exact) mass is 421 g/mol. The summed E-state index contributed by atoms with van der Waals surface area (Å²) in [6.07, 6.45) is 2.91. The van der Waals surface area contributed by atoms with Crippen molar-refractivity contribution in [1.82, 2.24) is 14.8 Å². The number of hydrogen-bond donors (Lipinski definition) is 2. The molecule has 0 aliphatic rings. The predicted molar refractivity (Wildman–Crippen MR) is 118 cm³/mol. The number of hydrogen-bond acceptors (Lipinski definition) is 5. The first kappa shape index (κ1) is 19.7. The second-order valence-electron chi connectivity index (χ2n) is 6.92. The van der Waals surface area contributed by atoms with Gasteiger partial charge in [-0.2, -0.15) is 5.10 Å². The van der Waals surface area contributed by atoms with Crippen LogP contribution in [0.1, 0.15) is 28.9 Å². The van der Waals surface area contributed by atoms with E-state index in [2.05, 4.69) is 15.4 Å². The average Bonchev–Trinajstić information content (AvgIpc) is 3.11. The van der Waals surface area contributed by atoms with Crippen LogP contribution in [0.4, 0.5) is 11.5 Å². The highest BCUT2D eigenvalue weighted by Gasteiger charge is 2.13. The number of carbonyl (C=O) groups is 1. The predicted octanol–water partition coefficient (Wildman–Crippen LogP) is 4.60. The van der Waals surface area contributed by atoms with Gasteiger partial charge in [0.1, 0.15) is 6.10 Å². The lowest BCUT2D eigenvalue weighted by Gasteiger charge is -2.17. The lowest BCUT2D eigenvalue weighted by atomic mass is 10.1. The van der Waals surface area contributed by atoms with Gasteiger partial charge in [-0.25, -0.2) is 4.98 Å². The summed E-state index contributed by atoms with van der Waals surface area (Å²) in [6.45, 7) is 1.89. The van der Waals surface area contributed by atoms with E-state index in [1.807, 2.05) is 50.4 Å². The molecular weight excluding hydrogens is 402 g/mol. The molecule has 2 aromatic carbocycles. The van der Waals surface area contributed by atoms with Gasteiger partial charge in [0.2, 0.25) is 0 Å². The number of aryl methyl sites for hydroxylation is 1. The summed E-state index contributed by atoms with van der Waals surface area (Å²) < 4.78 is 7.65. The number of nitrogens with one attached hydrogen (secondary N) is 1. The number of nitrogens with zero attached hydrogens (tertiary/aromatic N) is 3. The minimum absolute atomic E-state index is 0.202. The highest BCUT2D eigenvalue weighted by atomic mass is 35.5. The molecule has 0 spiro atoms. The number of pyridine rings is 1. The van der Waals surface area contributed by atoms with E-state index in [-0.39, 0.29) is 17.8 Å². The molecule has 0 saturated heterocycles. The van der Waals surface area contributed by atoms with E-state index >= 15 is 0 Å². The number of fused-ring (bicyclic) bond motifs is 1. The van der Waals surface area contributed by atoms with Gasteiger partial charge in [0.15, 0.2) is 11.6 Å². The normalized spacial score (nSPS) is 12.0. The van der Waals surface area contributed by atoms with Gasteiger partial charge in [-0.05, 0) is 36.8 Å². The number of nitrogen functional groups attached to an aromatic ring is 1. The van der Waals surface area contributed by atoms with Crippen molar-refractivity contribution in [3.8, 4) is 5.75 Å². The summed E-state index contributed by atoms with van der Waals surface area (Å²) in [5.41, 5.74) is 8.84. The van der Waals surface area contributed by atoms with Gasteiger partial charge in [0.25, 0.3) is 5.91 Å². The Bertz CT molecular complexity index is 1240. The first-order chi connectivity index (χ1) is 14.4. The Morgan fingerprint density at radius 2 is 2.03 bits per heavy atom. The van der Waals surface area contributed by atoms with Crippen molar-refractivity contribution in [2.75, 3.05) is 11.1 Å². The van der Waals surface area contributed by atoms with Crippen LogP contribution in [-0.2, 0) is 7.05 Å². The van der Waals surface area contributed by atoms with Gasteiger partial charge >= 0.3 is 0 Å². The van der Waals surface area contributed by atoms with Crippen molar-refractivity contribution in [3.63, 3.8) is 0 Å². The number of anilines is 2. The Morgan fingerprint density at radius 3 is 2.87 bits per heavy atom. The molecule has 7 nitrogen and oxygen atoms in total. The molecule has 0 aliphatic heterocycles. The third-order valence-corrected chi connectivity index (χ3v) is 4.98. The standard InChI is InChI=1S/C22H20ClN5O2/c1-13(30-20-10-17(23)12-25-21(20)24)14-4-3-5-18(8-14)27-22(29)15-6-7-16-11-26-28(2)19(16)9-15/h3-13H,1-2H3,(H2,24,25)(H,27,29). The van der Waals surface area contributed by atoms with E-state index in [9.17, 15) is 4.79 Å². The van der Waals surface area contributed by atoms with Crippen LogP contribution in [0, 0.1) is 0 Å². The molecule has 0 bridgehead atoms. The molecule has 4 rings (SSSR count). The van der Waals surface area contributed by atoms with E-state index in [0.717, 1.165) is 16.5 Å². The summed E-state index contributed by atoms with van der Waals surface area (Å²) >= 11 is 5.97. The van der Waals surface area contributed by atoms with Crippen LogP contribution in [0.3, 0.4) is 0 Å². The highest BCUT2D eigenvalue weighted by Crippen LogP contribution is 2.29. The smallest absolute Gasteiger partial charge is 0.255 e. The number of nitrogens with two attached hydrogens (primary N) is 1. The maximum absolute atomic E-state index is 12.7. The lowest BCUT2D eigenvalue weighted by molar-refractivity contribution is 0.102. The third kappa shape index (κ3) is 4.06. The molecule has 2 heterocycles. The fraction of sp³-hybridized carbons (Fsp3) is 0.136. The Kier molecular flexibility index (Phi) is 5.29. The first-order valence-corrected chi connectivity index (χ1v) is 9.69. The van der Waals surface area contributed by atoms with E-state index in [4.69, 9.17) is 22.1 Å². The topological polar surface area (TPSA) is 95.1 Å². The Hall–Kier alpha value is -3.58. The van der Waals surface area contributed by atoms with Crippen LogP contribution < -0.4 is 15.8 Å². The molecule has 0 saturated carbocycles. The Morgan fingerprint density at radius 1 is 1.20 bits per heavy atom. The number of rotatable bonds is 5. The summed E-state index contributed by atoms with van der Waals surface area (Å²) in [4.78, 5) is 16.7. The van der Waals surface area contributed by atoms with Crippen molar-refractivity contribution in [1.29, 1.82) is 0 Å². The highest BCUT2D eigenvalue weighted by molar-refractivity contribution is 6.30. The molecule has 0 radical (unpaired) electrons. The quantitative estimate of drug-likeness (QED) is 0.491. The van der Waals surface area contributed by atoms with Gasteiger partial charge in [0.05, 0.1) is 16.7 Å². The largest absolute Gasteiger partial charge is 0.482 e. The fourth-order valence-electron chi connectivity index (χ4n) is 3.14. The zero-order chi connectivity index (χ0) is 21.3. The maximum Gasteiger partial charge on any atom is 0.255 e. The minimum atomic E-state index is -0.324. The zero-order valence-corrected chi connectivity index (χ0v) is 17.2. The number of benzene rings is 2. The minimum Gasteiger partial charge on any atom is -0.482 e. The summed E-state index contributed by atoms with van der Waals surface area (Å²) in [7, 11) is 1.84. The number of halogens is 1. The van der Waals surface area contributed by atoms with Crippen LogP contribution in [0.25, 0.3) is 10.9 Å². The molecule has 3 N–H and O–H groups in total. The van der Waals surface area contributed by atoms with Crippen molar-refractivity contribution in [3.05, 3.63) is 77.1 Å². The number of aromatic nitrogens is 3. The number of amides is 1. The van der Waals surface area contributed by atoms with Crippen LogP contribution in [0.2, 0.25) is 5.02 Å². The molecule has 2 aromatic heterocycles. The molecule has 1 unspecified atom stereocenters. The van der Waals surface area contributed by atoms with Gasteiger partial charge in [-0.1, -0.05) is 29.8 Å². The van der Waals surface area contributed by atoms with Crippen LogP contribution in [-0.4, -0.2) is 20.7 Å². The van der Waals surface area contributed by atoms with Crippen LogP contribution in [0.15, 0.2) is 60.9 Å². The SMILES string of the molecule is CC(Oc1cc(Cl)cnc1N)c1cccc(NC(=O)c2ccc3cnn(C)c3c2)c1. The summed E-state index contributed by atoms with van der Waals surface area (Å²) in [5.74, 6) is 0.474. The van der Waals surface area contributed by atoms with Gasteiger partial charge in [-0.3, -0.25) is 9.48 Å². The molecular formula is C22H20ClN5O2. The van der Waals surface area contributed by atoms with Crippen molar-refractivity contribution in [2.45, 2.75) is 13.0 Å². The van der Waals surface area contributed by atoms with Crippen LogP contribution >= 0.6 is 11.6 Å². The van der Waals surface area contributed by atoms with Crippen LogP contribution in [0.5, 0.6) is 5.75 Å².